The summed E-state index contributed by atoms with van der Waals surface area (Å²) < 4.78 is 13.4. The van der Waals surface area contributed by atoms with E-state index in [0.29, 0.717) is 0 Å². The van der Waals surface area contributed by atoms with Gasteiger partial charge in [0.25, 0.3) is 0 Å². The molecule has 0 heterocycles. The second-order valence-corrected chi connectivity index (χ2v) is 8.81. The number of benzene rings is 2. The van der Waals surface area contributed by atoms with E-state index in [4.69, 9.17) is 8.85 Å². The van der Waals surface area contributed by atoms with Gasteiger partial charge in [0.15, 0.2) is 0 Å². The van der Waals surface area contributed by atoms with Crippen molar-refractivity contribution in [3.8, 4) is 0 Å². The van der Waals surface area contributed by atoms with Gasteiger partial charge in [-0.25, -0.2) is 0 Å². The molecule has 2 unspecified atom stereocenters. The van der Waals surface area contributed by atoms with Crippen LogP contribution in [0.25, 0.3) is 0 Å². The van der Waals surface area contributed by atoms with E-state index in [1.165, 1.54) is 0 Å². The minimum atomic E-state index is -2.90. The zero-order valence-corrected chi connectivity index (χ0v) is 16.2. The molecule has 2 rings (SSSR count). The molecule has 0 fully saturated rings. The lowest BCUT2D eigenvalue weighted by Gasteiger charge is -2.36. The first kappa shape index (κ1) is 19.4. The molecule has 0 N–H and O–H groups in total. The first-order valence-electron chi connectivity index (χ1n) is 8.91. The summed E-state index contributed by atoms with van der Waals surface area (Å²) in [6.45, 7) is 12.1. The lowest BCUT2D eigenvalue weighted by atomic mass is 10.3. The maximum Gasteiger partial charge on any atom is 0.408 e. The Bertz CT molecular complexity index is 595. The van der Waals surface area contributed by atoms with Crippen LogP contribution in [0.3, 0.4) is 0 Å². The highest BCUT2D eigenvalue weighted by molar-refractivity contribution is 6.92. The molecule has 2 nitrogen and oxygen atoms in total. The van der Waals surface area contributed by atoms with Crippen molar-refractivity contribution in [1.82, 2.24) is 0 Å². The molecule has 3 heteroatoms. The Hall–Kier alpha value is -1.94. The van der Waals surface area contributed by atoms with Crippen LogP contribution in [0.2, 0.25) is 0 Å². The third-order valence-electron chi connectivity index (χ3n) is 4.27. The van der Waals surface area contributed by atoms with Crippen molar-refractivity contribution in [3.63, 3.8) is 0 Å². The monoisotopic (exact) mass is 352 g/mol. The summed E-state index contributed by atoms with van der Waals surface area (Å²) >= 11 is 0. The first-order chi connectivity index (χ1) is 12.2. The lowest BCUT2D eigenvalue weighted by Crippen LogP contribution is -2.65. The maximum atomic E-state index is 6.69. The van der Waals surface area contributed by atoms with E-state index in [1.807, 2.05) is 48.6 Å². The Morgan fingerprint density at radius 2 is 1.12 bits per heavy atom. The Kier molecular flexibility index (Phi) is 7.38. The third kappa shape index (κ3) is 4.57. The SMILES string of the molecule is C=CC(CC)O[Si](OC(C=C)CC)(c1ccccc1)c1ccccc1. The van der Waals surface area contributed by atoms with Crippen LogP contribution in [0.1, 0.15) is 26.7 Å². The molecule has 2 atom stereocenters. The molecule has 0 aliphatic carbocycles. The molecule has 0 aliphatic rings. The van der Waals surface area contributed by atoms with Crippen LogP contribution >= 0.6 is 0 Å². The van der Waals surface area contributed by atoms with Crippen molar-refractivity contribution >= 4 is 18.9 Å². The number of hydrogen-bond acceptors (Lipinski definition) is 2. The molecule has 0 aliphatic heterocycles. The van der Waals surface area contributed by atoms with Crippen LogP contribution in [0, 0.1) is 0 Å². The second kappa shape index (κ2) is 9.52. The predicted octanol–water partition coefficient (Wildman–Crippen LogP) is 4.21. The highest BCUT2D eigenvalue weighted by Gasteiger charge is 2.45. The highest BCUT2D eigenvalue weighted by Crippen LogP contribution is 2.18. The summed E-state index contributed by atoms with van der Waals surface area (Å²) in [5.74, 6) is 0. The summed E-state index contributed by atoms with van der Waals surface area (Å²) in [5, 5.41) is 2.20. The number of hydrogen-bond donors (Lipinski definition) is 0. The van der Waals surface area contributed by atoms with Gasteiger partial charge in [-0.3, -0.25) is 0 Å². The maximum absolute atomic E-state index is 6.69. The Balaban J connectivity index is 2.63. The molecular formula is C22H28O2Si. The van der Waals surface area contributed by atoms with Gasteiger partial charge in [-0.2, -0.15) is 0 Å². The average molecular weight is 353 g/mol. The molecule has 2 aromatic carbocycles. The highest BCUT2D eigenvalue weighted by atomic mass is 28.4. The van der Waals surface area contributed by atoms with E-state index in [0.717, 1.165) is 23.2 Å². The van der Waals surface area contributed by atoms with Crippen molar-refractivity contribution < 1.29 is 8.85 Å². The van der Waals surface area contributed by atoms with Crippen molar-refractivity contribution in [1.29, 1.82) is 0 Å². The van der Waals surface area contributed by atoms with Gasteiger partial charge in [0.05, 0.1) is 12.2 Å². The largest absolute Gasteiger partial charge is 0.408 e. The topological polar surface area (TPSA) is 18.5 Å². The summed E-state index contributed by atoms with van der Waals surface area (Å²) in [4.78, 5) is 0. The van der Waals surface area contributed by atoms with Gasteiger partial charge in [0, 0.05) is 0 Å². The van der Waals surface area contributed by atoms with Gasteiger partial charge in [-0.15, -0.1) is 13.2 Å². The van der Waals surface area contributed by atoms with Gasteiger partial charge in [-0.1, -0.05) is 86.7 Å². The molecule has 0 radical (unpaired) electrons. The average Bonchev–Trinajstić information content (AvgIpc) is 2.70. The van der Waals surface area contributed by atoms with E-state index in [2.05, 4.69) is 51.3 Å². The summed E-state index contributed by atoms with van der Waals surface area (Å²) in [6.07, 6.45) is 5.32. The van der Waals surface area contributed by atoms with E-state index in [9.17, 15) is 0 Å². The zero-order chi connectivity index (χ0) is 18.1. The normalized spacial score (nSPS) is 13.8. The van der Waals surface area contributed by atoms with Crippen molar-refractivity contribution in [3.05, 3.63) is 86.0 Å². The molecule has 132 valence electrons. The quantitative estimate of drug-likeness (QED) is 0.471. The molecule has 0 saturated heterocycles. The Morgan fingerprint density at radius 3 is 1.40 bits per heavy atom. The minimum Gasteiger partial charge on any atom is -0.381 e. The van der Waals surface area contributed by atoms with Crippen LogP contribution in [-0.4, -0.2) is 20.8 Å². The molecule has 0 bridgehead atoms. The summed E-state index contributed by atoms with van der Waals surface area (Å²) in [6, 6.07) is 20.6. The standard InChI is InChI=1S/C22H28O2Si/c1-5-19(6-2)23-25(24-20(7-3)8-4,21-15-11-9-12-16-21)22-17-13-10-14-18-22/h5,7,9-20H,1,3,6,8H2,2,4H3. The van der Waals surface area contributed by atoms with Gasteiger partial charge in [0.2, 0.25) is 0 Å². The van der Waals surface area contributed by atoms with Crippen molar-refractivity contribution in [2.45, 2.75) is 38.9 Å². The smallest absolute Gasteiger partial charge is 0.381 e. The van der Waals surface area contributed by atoms with Crippen molar-refractivity contribution in [2.75, 3.05) is 0 Å². The van der Waals surface area contributed by atoms with E-state index >= 15 is 0 Å². The molecule has 2 aromatic rings. The van der Waals surface area contributed by atoms with Gasteiger partial charge in [-0.05, 0) is 23.2 Å². The third-order valence-corrected chi connectivity index (χ3v) is 7.73. The predicted molar refractivity (Wildman–Crippen MR) is 109 cm³/mol. The van der Waals surface area contributed by atoms with Crippen LogP contribution < -0.4 is 10.4 Å². The van der Waals surface area contributed by atoms with E-state index < -0.39 is 8.56 Å². The fourth-order valence-electron chi connectivity index (χ4n) is 2.80. The van der Waals surface area contributed by atoms with E-state index in [-0.39, 0.29) is 12.2 Å². The Morgan fingerprint density at radius 1 is 0.760 bits per heavy atom. The summed E-state index contributed by atoms with van der Waals surface area (Å²) in [7, 11) is -2.90. The minimum absolute atomic E-state index is 0.0607. The van der Waals surface area contributed by atoms with Crippen LogP contribution in [0.4, 0.5) is 0 Å². The molecular weight excluding hydrogens is 324 g/mol. The molecule has 0 amide bonds. The van der Waals surface area contributed by atoms with Crippen LogP contribution in [0.5, 0.6) is 0 Å². The van der Waals surface area contributed by atoms with Gasteiger partial charge < -0.3 is 8.85 Å². The molecule has 25 heavy (non-hydrogen) atoms. The second-order valence-electron chi connectivity index (χ2n) is 5.95. The number of rotatable bonds is 10. The van der Waals surface area contributed by atoms with Gasteiger partial charge in [0.1, 0.15) is 0 Å². The fraction of sp³-hybridized carbons (Fsp3) is 0.273. The molecule has 0 aromatic heterocycles. The fourth-order valence-corrected chi connectivity index (χ4v) is 6.38. The molecule has 0 saturated carbocycles. The summed E-state index contributed by atoms with van der Waals surface area (Å²) in [5.41, 5.74) is 0. The molecule has 0 spiro atoms. The van der Waals surface area contributed by atoms with Crippen LogP contribution in [-0.2, 0) is 8.85 Å². The van der Waals surface area contributed by atoms with Gasteiger partial charge >= 0.3 is 8.56 Å². The van der Waals surface area contributed by atoms with Crippen molar-refractivity contribution in [2.24, 2.45) is 0 Å². The Labute approximate surface area is 153 Å². The first-order valence-corrected chi connectivity index (χ1v) is 10.7. The van der Waals surface area contributed by atoms with Crippen LogP contribution in [0.15, 0.2) is 86.0 Å². The van der Waals surface area contributed by atoms with E-state index in [1.54, 1.807) is 0 Å². The zero-order valence-electron chi connectivity index (χ0n) is 15.2. The lowest BCUT2D eigenvalue weighted by molar-refractivity contribution is 0.129.